The zero-order valence-electron chi connectivity index (χ0n) is 9.79. The van der Waals surface area contributed by atoms with Gasteiger partial charge in [0.1, 0.15) is 0 Å². The third kappa shape index (κ3) is 4.56. The first-order valence-corrected chi connectivity index (χ1v) is 7.18. The lowest BCUT2D eigenvalue weighted by molar-refractivity contribution is -0.137. The Morgan fingerprint density at radius 2 is 1.94 bits per heavy atom. The van der Waals surface area contributed by atoms with E-state index in [2.05, 4.69) is 5.32 Å². The number of hydrogen-bond acceptors (Lipinski definition) is 3. The Kier molecular flexibility index (Phi) is 4.61. The first kappa shape index (κ1) is 14.8. The van der Waals surface area contributed by atoms with Gasteiger partial charge in [-0.25, -0.2) is 8.42 Å². The zero-order chi connectivity index (χ0) is 13.8. The van der Waals surface area contributed by atoms with Crippen LogP contribution in [0.5, 0.6) is 0 Å². The van der Waals surface area contributed by atoms with Crippen LogP contribution in [0.3, 0.4) is 0 Å². The molecule has 0 aliphatic heterocycles. The van der Waals surface area contributed by atoms with Crippen LogP contribution in [-0.2, 0) is 16.0 Å². The number of rotatable bonds is 5. The fourth-order valence-electron chi connectivity index (χ4n) is 1.30. The average molecular weight is 281 g/mol. The molecule has 0 unspecified atom stereocenters. The van der Waals surface area contributed by atoms with E-state index in [-0.39, 0.29) is 23.7 Å². The molecule has 102 valence electrons. The number of benzene rings is 1. The van der Waals surface area contributed by atoms with Gasteiger partial charge in [0, 0.05) is 18.0 Å². The summed E-state index contributed by atoms with van der Waals surface area (Å²) in [7, 11) is -3.11. The second-order valence-corrected chi connectivity index (χ2v) is 6.21. The Bertz CT molecular complexity index is 497. The Labute approximate surface area is 104 Å². The van der Waals surface area contributed by atoms with Gasteiger partial charge in [0.15, 0.2) is 9.84 Å². The minimum absolute atomic E-state index is 0.0251. The molecule has 0 aromatic heterocycles. The lowest BCUT2D eigenvalue weighted by Gasteiger charge is -2.10. The summed E-state index contributed by atoms with van der Waals surface area (Å²) in [4.78, 5) is 0. The van der Waals surface area contributed by atoms with E-state index in [1.54, 1.807) is 0 Å². The minimum Gasteiger partial charge on any atom is -0.384 e. The minimum atomic E-state index is -4.40. The van der Waals surface area contributed by atoms with Gasteiger partial charge in [0.05, 0.1) is 11.3 Å². The number of anilines is 1. The predicted octanol–water partition coefficient (Wildman–Crippen LogP) is 2.55. The van der Waals surface area contributed by atoms with Crippen molar-refractivity contribution in [2.24, 2.45) is 0 Å². The molecule has 7 heteroatoms. The van der Waals surface area contributed by atoms with Gasteiger partial charge in [-0.3, -0.25) is 0 Å². The molecule has 0 atom stereocenters. The highest BCUT2D eigenvalue weighted by Gasteiger charge is 2.30. The molecule has 1 N–H and O–H groups in total. The van der Waals surface area contributed by atoms with Crippen molar-refractivity contribution in [1.82, 2.24) is 0 Å². The van der Waals surface area contributed by atoms with Gasteiger partial charge < -0.3 is 5.32 Å². The van der Waals surface area contributed by atoms with E-state index >= 15 is 0 Å². The third-order valence-electron chi connectivity index (χ3n) is 2.37. The van der Waals surface area contributed by atoms with Crippen molar-refractivity contribution in [2.45, 2.75) is 13.1 Å². The normalized spacial score (nSPS) is 12.4. The summed E-state index contributed by atoms with van der Waals surface area (Å²) in [5.74, 6) is -0.0724. The van der Waals surface area contributed by atoms with Gasteiger partial charge in [-0.2, -0.15) is 13.2 Å². The standard InChI is InChI=1S/C11H14F3NO2S/c1-2-18(16,17)7-6-15-10-5-3-4-9(8-10)11(12,13)14/h3-5,8,15H,2,6-7H2,1H3. The Morgan fingerprint density at radius 3 is 2.50 bits per heavy atom. The van der Waals surface area contributed by atoms with Gasteiger partial charge in [-0.05, 0) is 18.2 Å². The van der Waals surface area contributed by atoms with Crippen molar-refractivity contribution in [3.63, 3.8) is 0 Å². The Morgan fingerprint density at radius 1 is 1.28 bits per heavy atom. The molecule has 0 aliphatic rings. The molecule has 0 aliphatic carbocycles. The number of alkyl halides is 3. The summed E-state index contributed by atoms with van der Waals surface area (Å²) in [6.07, 6.45) is -4.40. The predicted molar refractivity (Wildman–Crippen MR) is 64.3 cm³/mol. The van der Waals surface area contributed by atoms with E-state index in [0.717, 1.165) is 12.1 Å². The maximum Gasteiger partial charge on any atom is 0.416 e. The van der Waals surface area contributed by atoms with E-state index in [4.69, 9.17) is 0 Å². The topological polar surface area (TPSA) is 46.2 Å². The number of halogens is 3. The molecule has 0 fully saturated rings. The molecule has 1 aromatic carbocycles. The fourth-order valence-corrected chi connectivity index (χ4v) is 2.00. The van der Waals surface area contributed by atoms with Crippen molar-refractivity contribution < 1.29 is 21.6 Å². The second-order valence-electron chi connectivity index (χ2n) is 3.74. The van der Waals surface area contributed by atoms with Crippen LogP contribution in [0.15, 0.2) is 24.3 Å². The summed E-state index contributed by atoms with van der Waals surface area (Å²) in [6, 6.07) is 4.67. The van der Waals surface area contributed by atoms with Crippen LogP contribution < -0.4 is 5.32 Å². The largest absolute Gasteiger partial charge is 0.416 e. The number of sulfone groups is 1. The highest BCUT2D eigenvalue weighted by Crippen LogP contribution is 2.30. The maximum atomic E-state index is 12.4. The molecule has 0 amide bonds. The van der Waals surface area contributed by atoms with Crippen LogP contribution >= 0.6 is 0 Å². The molecular formula is C11H14F3NO2S. The fraction of sp³-hybridized carbons (Fsp3) is 0.455. The van der Waals surface area contributed by atoms with E-state index in [1.165, 1.54) is 19.1 Å². The van der Waals surface area contributed by atoms with Crippen LogP contribution in [0.2, 0.25) is 0 Å². The number of hydrogen-bond donors (Lipinski definition) is 1. The van der Waals surface area contributed by atoms with Crippen molar-refractivity contribution in [3.8, 4) is 0 Å². The van der Waals surface area contributed by atoms with Gasteiger partial charge in [-0.15, -0.1) is 0 Å². The van der Waals surface area contributed by atoms with Gasteiger partial charge in [0.25, 0.3) is 0 Å². The smallest absolute Gasteiger partial charge is 0.384 e. The first-order chi connectivity index (χ1) is 8.24. The van der Waals surface area contributed by atoms with Crippen molar-refractivity contribution in [3.05, 3.63) is 29.8 Å². The van der Waals surface area contributed by atoms with Crippen LogP contribution in [-0.4, -0.2) is 26.5 Å². The SMILES string of the molecule is CCS(=O)(=O)CCNc1cccc(C(F)(F)F)c1. The highest BCUT2D eigenvalue weighted by atomic mass is 32.2. The van der Waals surface area contributed by atoms with E-state index in [1.807, 2.05) is 0 Å². The van der Waals surface area contributed by atoms with Crippen LogP contribution in [0.25, 0.3) is 0 Å². The van der Waals surface area contributed by atoms with E-state index < -0.39 is 21.6 Å². The highest BCUT2D eigenvalue weighted by molar-refractivity contribution is 7.91. The van der Waals surface area contributed by atoms with Crippen LogP contribution in [0.1, 0.15) is 12.5 Å². The quantitative estimate of drug-likeness (QED) is 0.902. The molecule has 0 spiro atoms. The Hall–Kier alpha value is -1.24. The first-order valence-electron chi connectivity index (χ1n) is 5.36. The summed E-state index contributed by atoms with van der Waals surface area (Å²) in [6.45, 7) is 1.62. The molecule has 1 rings (SSSR count). The summed E-state index contributed by atoms with van der Waals surface area (Å²) in [5, 5.41) is 2.67. The molecule has 0 saturated carbocycles. The average Bonchev–Trinajstić information content (AvgIpc) is 2.28. The van der Waals surface area contributed by atoms with E-state index in [0.29, 0.717) is 0 Å². The zero-order valence-corrected chi connectivity index (χ0v) is 10.6. The lowest BCUT2D eigenvalue weighted by atomic mass is 10.2. The summed E-state index contributed by atoms with van der Waals surface area (Å²) >= 11 is 0. The lowest BCUT2D eigenvalue weighted by Crippen LogP contribution is -2.17. The number of nitrogens with one attached hydrogen (secondary N) is 1. The Balaban J connectivity index is 2.64. The van der Waals surface area contributed by atoms with Crippen molar-refractivity contribution in [1.29, 1.82) is 0 Å². The molecule has 0 bridgehead atoms. The monoisotopic (exact) mass is 281 g/mol. The summed E-state index contributed by atoms with van der Waals surface area (Å²) in [5.41, 5.74) is -0.498. The van der Waals surface area contributed by atoms with Gasteiger partial charge >= 0.3 is 6.18 Å². The maximum absolute atomic E-state index is 12.4. The molecule has 18 heavy (non-hydrogen) atoms. The van der Waals surface area contributed by atoms with Crippen LogP contribution in [0, 0.1) is 0 Å². The van der Waals surface area contributed by atoms with Gasteiger partial charge in [-0.1, -0.05) is 13.0 Å². The molecule has 1 aromatic rings. The molecule has 0 saturated heterocycles. The molecule has 0 heterocycles. The molecular weight excluding hydrogens is 267 g/mol. The summed E-state index contributed by atoms with van der Waals surface area (Å²) < 4.78 is 59.6. The second kappa shape index (κ2) is 5.60. The van der Waals surface area contributed by atoms with Crippen LogP contribution in [0.4, 0.5) is 18.9 Å². The van der Waals surface area contributed by atoms with Gasteiger partial charge in [0.2, 0.25) is 0 Å². The third-order valence-corrected chi connectivity index (χ3v) is 4.08. The van der Waals surface area contributed by atoms with E-state index in [9.17, 15) is 21.6 Å². The molecule has 0 radical (unpaired) electrons. The van der Waals surface area contributed by atoms with Crippen molar-refractivity contribution >= 4 is 15.5 Å². The molecule has 3 nitrogen and oxygen atoms in total. The van der Waals surface area contributed by atoms with Crippen molar-refractivity contribution in [2.75, 3.05) is 23.4 Å².